The van der Waals surface area contributed by atoms with Gasteiger partial charge in [0.25, 0.3) is 0 Å². The molecule has 6 nitrogen and oxygen atoms in total. The monoisotopic (exact) mass is 509 g/mol. The smallest absolute Gasteiger partial charge is 0.305 e. The molecular weight excluding hydrogens is 473 g/mol. The van der Waals surface area contributed by atoms with Crippen molar-refractivity contribution in [1.82, 2.24) is 0 Å². The van der Waals surface area contributed by atoms with Crippen LogP contribution in [-0.4, -0.2) is 51.3 Å². The fraction of sp³-hybridized carbons (Fsp3) is 0.857. The quantitative estimate of drug-likeness (QED) is 0.130. The van der Waals surface area contributed by atoms with E-state index in [1.165, 1.54) is 7.11 Å². The van der Waals surface area contributed by atoms with Gasteiger partial charge >= 0.3 is 5.97 Å². The number of carbonyl (C=O) groups excluding carboxylic acids is 1. The highest BCUT2D eigenvalue weighted by Gasteiger charge is 2.54. The SMILES string of the molecule is CCCCC[C@H](O)/C=C/[C@@H]1[C@H]2CC(N)(C(I)CCCC(=O)OC)O[C@H]2C[C@H]1O. The predicted octanol–water partition coefficient (Wildman–Crippen LogP) is 3.07. The van der Waals surface area contributed by atoms with Crippen LogP contribution in [0, 0.1) is 11.8 Å². The molecule has 0 amide bonds. The Bertz CT molecular complexity index is 531. The van der Waals surface area contributed by atoms with Gasteiger partial charge in [0.05, 0.1) is 29.3 Å². The van der Waals surface area contributed by atoms with Crippen LogP contribution in [0.4, 0.5) is 0 Å². The molecule has 1 saturated carbocycles. The first kappa shape index (κ1) is 24.1. The molecule has 28 heavy (non-hydrogen) atoms. The molecule has 0 aromatic heterocycles. The summed E-state index contributed by atoms with van der Waals surface area (Å²) in [6.07, 6.45) is 10.0. The van der Waals surface area contributed by atoms with Gasteiger partial charge in [0, 0.05) is 18.8 Å². The Morgan fingerprint density at radius 2 is 2.14 bits per heavy atom. The molecule has 2 rings (SSSR count). The number of nitrogens with two attached hydrogens (primary N) is 1. The molecule has 162 valence electrons. The van der Waals surface area contributed by atoms with E-state index in [0.717, 1.165) is 32.1 Å². The Morgan fingerprint density at radius 1 is 1.39 bits per heavy atom. The summed E-state index contributed by atoms with van der Waals surface area (Å²) >= 11 is 2.32. The number of aliphatic hydroxyl groups excluding tert-OH is 2. The van der Waals surface area contributed by atoms with Crippen LogP contribution in [0.15, 0.2) is 12.2 Å². The molecule has 2 fully saturated rings. The van der Waals surface area contributed by atoms with Crippen LogP contribution < -0.4 is 5.73 Å². The van der Waals surface area contributed by atoms with Gasteiger partial charge in [-0.2, -0.15) is 0 Å². The van der Waals surface area contributed by atoms with Gasteiger partial charge in [0.2, 0.25) is 0 Å². The number of esters is 1. The highest BCUT2D eigenvalue weighted by molar-refractivity contribution is 14.1. The second-order valence-corrected chi connectivity index (χ2v) is 9.75. The highest BCUT2D eigenvalue weighted by atomic mass is 127. The third-order valence-electron chi connectivity index (χ3n) is 6.07. The van der Waals surface area contributed by atoms with Gasteiger partial charge in [-0.05, 0) is 31.6 Å². The van der Waals surface area contributed by atoms with Crippen LogP contribution in [-0.2, 0) is 14.3 Å². The Kier molecular flexibility index (Phi) is 9.66. The standard InChI is InChI=1S/C21H36INO5/c1-3-4-5-7-14(24)10-11-15-16-13-21(23,28-18(16)12-17(15)25)19(22)8-6-9-20(26)27-2/h10-11,14-19,24-25H,3-9,12-13,23H2,1-2H3/b11-10+/t14-,15+,16+,17+,18-,19?,21?/m0/s1. The minimum absolute atomic E-state index is 0.0325. The molecule has 1 saturated heterocycles. The van der Waals surface area contributed by atoms with Gasteiger partial charge in [-0.3, -0.25) is 4.79 Å². The van der Waals surface area contributed by atoms with Crippen LogP contribution in [0.3, 0.4) is 0 Å². The normalized spacial score (nSPS) is 34.5. The van der Waals surface area contributed by atoms with E-state index in [0.29, 0.717) is 25.7 Å². The number of halogens is 1. The molecule has 2 unspecified atom stereocenters. The van der Waals surface area contributed by atoms with Crippen molar-refractivity contribution in [3.8, 4) is 0 Å². The minimum atomic E-state index is -0.738. The zero-order valence-corrected chi connectivity index (χ0v) is 19.2. The molecule has 1 aliphatic carbocycles. The summed E-state index contributed by atoms with van der Waals surface area (Å²) < 4.78 is 11.0. The highest BCUT2D eigenvalue weighted by Crippen LogP contribution is 2.49. The van der Waals surface area contributed by atoms with E-state index >= 15 is 0 Å². The Balaban J connectivity index is 1.89. The van der Waals surface area contributed by atoms with E-state index in [-0.39, 0.29) is 27.8 Å². The number of fused-ring (bicyclic) bond motifs is 1. The number of methoxy groups -OCH3 is 1. The van der Waals surface area contributed by atoms with Gasteiger partial charge in [-0.25, -0.2) is 0 Å². The van der Waals surface area contributed by atoms with Crippen molar-refractivity contribution in [1.29, 1.82) is 0 Å². The van der Waals surface area contributed by atoms with Crippen molar-refractivity contribution in [3.05, 3.63) is 12.2 Å². The van der Waals surface area contributed by atoms with E-state index < -0.39 is 17.9 Å². The minimum Gasteiger partial charge on any atom is -0.469 e. The third kappa shape index (κ3) is 6.39. The number of hydrogen-bond acceptors (Lipinski definition) is 6. The van der Waals surface area contributed by atoms with Crippen LogP contribution >= 0.6 is 22.6 Å². The molecule has 0 radical (unpaired) electrons. The summed E-state index contributed by atoms with van der Waals surface area (Å²) in [5, 5.41) is 20.6. The third-order valence-corrected chi connectivity index (χ3v) is 7.75. The molecular formula is C21H36INO5. The van der Waals surface area contributed by atoms with Gasteiger partial charge in [-0.1, -0.05) is 60.9 Å². The van der Waals surface area contributed by atoms with Gasteiger partial charge in [0.1, 0.15) is 5.72 Å². The molecule has 4 N–H and O–H groups in total. The zero-order chi connectivity index (χ0) is 20.7. The number of rotatable bonds is 11. The van der Waals surface area contributed by atoms with Crippen molar-refractivity contribution >= 4 is 28.6 Å². The molecule has 0 aromatic carbocycles. The Morgan fingerprint density at radius 3 is 2.82 bits per heavy atom. The second-order valence-electron chi connectivity index (χ2n) is 8.24. The summed E-state index contributed by atoms with van der Waals surface area (Å²) in [5.41, 5.74) is 5.85. The van der Waals surface area contributed by atoms with E-state index in [1.54, 1.807) is 0 Å². The van der Waals surface area contributed by atoms with Crippen LogP contribution in [0.25, 0.3) is 0 Å². The predicted molar refractivity (Wildman–Crippen MR) is 117 cm³/mol. The molecule has 0 bridgehead atoms. The lowest BCUT2D eigenvalue weighted by molar-refractivity contribution is -0.140. The molecule has 0 aromatic rings. The maximum absolute atomic E-state index is 11.3. The van der Waals surface area contributed by atoms with Gasteiger partial charge < -0.3 is 25.4 Å². The van der Waals surface area contributed by atoms with Crippen LogP contribution in [0.1, 0.15) is 64.7 Å². The van der Waals surface area contributed by atoms with E-state index in [2.05, 4.69) is 34.3 Å². The molecule has 1 heterocycles. The first-order valence-electron chi connectivity index (χ1n) is 10.5. The van der Waals surface area contributed by atoms with E-state index in [9.17, 15) is 15.0 Å². The molecule has 0 spiro atoms. The van der Waals surface area contributed by atoms with E-state index in [4.69, 9.17) is 10.5 Å². The maximum atomic E-state index is 11.3. The number of ether oxygens (including phenoxy) is 2. The van der Waals surface area contributed by atoms with Crippen molar-refractivity contribution in [3.63, 3.8) is 0 Å². The second kappa shape index (κ2) is 11.2. The summed E-state index contributed by atoms with van der Waals surface area (Å²) in [6.45, 7) is 2.15. The number of aliphatic hydroxyl groups is 2. The van der Waals surface area contributed by atoms with Crippen LogP contribution in [0.5, 0.6) is 0 Å². The largest absolute Gasteiger partial charge is 0.469 e. The fourth-order valence-corrected chi connectivity index (χ4v) is 5.25. The van der Waals surface area contributed by atoms with Crippen molar-refractivity contribution in [2.75, 3.05) is 7.11 Å². The summed E-state index contributed by atoms with van der Waals surface area (Å²) in [7, 11) is 1.40. The fourth-order valence-electron chi connectivity index (χ4n) is 4.41. The molecule has 2 aliphatic rings. The summed E-state index contributed by atoms with van der Waals surface area (Å²) in [4.78, 5) is 11.3. The summed E-state index contributed by atoms with van der Waals surface area (Å²) in [5.74, 6) is -0.0726. The number of hydrogen-bond donors (Lipinski definition) is 3. The first-order valence-corrected chi connectivity index (χ1v) is 11.8. The van der Waals surface area contributed by atoms with Gasteiger partial charge in [0.15, 0.2) is 0 Å². The Hall–Kier alpha value is -0.220. The number of carbonyl (C=O) groups is 1. The average molecular weight is 509 g/mol. The molecule has 7 heteroatoms. The number of alkyl halides is 1. The molecule has 7 atom stereocenters. The average Bonchev–Trinajstić information content (AvgIpc) is 3.12. The molecule has 1 aliphatic heterocycles. The zero-order valence-electron chi connectivity index (χ0n) is 17.1. The lowest BCUT2D eigenvalue weighted by atomic mass is 9.87. The van der Waals surface area contributed by atoms with Crippen molar-refractivity contribution in [2.24, 2.45) is 17.6 Å². The number of unbranched alkanes of at least 4 members (excludes halogenated alkanes) is 2. The first-order chi connectivity index (χ1) is 13.3. The Labute approximate surface area is 182 Å². The maximum Gasteiger partial charge on any atom is 0.305 e. The topological polar surface area (TPSA) is 102 Å². The van der Waals surface area contributed by atoms with Crippen molar-refractivity contribution in [2.45, 2.75) is 92.7 Å². The van der Waals surface area contributed by atoms with Crippen LogP contribution in [0.2, 0.25) is 0 Å². The van der Waals surface area contributed by atoms with Gasteiger partial charge in [-0.15, -0.1) is 0 Å². The van der Waals surface area contributed by atoms with E-state index in [1.807, 2.05) is 12.2 Å². The lowest BCUT2D eigenvalue weighted by Gasteiger charge is -2.31. The lowest BCUT2D eigenvalue weighted by Crippen LogP contribution is -2.48. The summed E-state index contributed by atoms with van der Waals surface area (Å²) in [6, 6.07) is 0. The van der Waals surface area contributed by atoms with Crippen molar-refractivity contribution < 1.29 is 24.5 Å².